The maximum absolute atomic E-state index is 13.4. The van der Waals surface area contributed by atoms with Gasteiger partial charge in [-0.05, 0) is 17.7 Å². The molecule has 118 valence electrons. The van der Waals surface area contributed by atoms with Crippen molar-refractivity contribution >= 4 is 11.0 Å². The number of halogens is 1. The predicted molar refractivity (Wildman–Crippen MR) is 86.5 cm³/mol. The van der Waals surface area contributed by atoms with Crippen LogP contribution in [0.25, 0.3) is 11.0 Å². The first-order valence-electron chi connectivity index (χ1n) is 7.80. The molecule has 0 unspecified atom stereocenters. The van der Waals surface area contributed by atoms with E-state index in [-0.39, 0.29) is 11.9 Å². The van der Waals surface area contributed by atoms with Crippen molar-refractivity contribution in [1.29, 1.82) is 0 Å². The van der Waals surface area contributed by atoms with E-state index < -0.39 is 0 Å². The first kappa shape index (κ1) is 14.4. The number of rotatable bonds is 4. The molecule has 0 radical (unpaired) electrons. The Morgan fingerprint density at radius 2 is 2.09 bits per heavy atom. The number of hydrogen-bond donors (Lipinski definition) is 1. The Balaban J connectivity index is 1.54. The molecule has 0 saturated heterocycles. The summed E-state index contributed by atoms with van der Waals surface area (Å²) in [6.45, 7) is 2.71. The molecule has 1 aliphatic rings. The molecule has 0 fully saturated rings. The molecule has 1 atom stereocenters. The topological polar surface area (TPSA) is 39.1 Å². The fourth-order valence-electron chi connectivity index (χ4n) is 3.12. The SMILES string of the molecule is Fc1ccc2c(c1)nc1n2[C@@H](CNCc2ccccc2)COC1. The van der Waals surface area contributed by atoms with E-state index in [9.17, 15) is 4.39 Å². The molecule has 0 amide bonds. The highest BCUT2D eigenvalue weighted by Crippen LogP contribution is 2.26. The second-order valence-electron chi connectivity index (χ2n) is 5.82. The van der Waals surface area contributed by atoms with Gasteiger partial charge >= 0.3 is 0 Å². The first-order chi connectivity index (χ1) is 11.3. The van der Waals surface area contributed by atoms with Crippen molar-refractivity contribution in [3.63, 3.8) is 0 Å². The van der Waals surface area contributed by atoms with Gasteiger partial charge in [0.2, 0.25) is 0 Å². The van der Waals surface area contributed by atoms with Crippen LogP contribution in [0.15, 0.2) is 48.5 Å². The van der Waals surface area contributed by atoms with Crippen LogP contribution in [-0.2, 0) is 17.9 Å². The minimum absolute atomic E-state index is 0.165. The van der Waals surface area contributed by atoms with Crippen molar-refractivity contribution in [2.45, 2.75) is 19.2 Å². The number of ether oxygens (including phenoxy) is 1. The molecule has 1 aromatic heterocycles. The maximum Gasteiger partial charge on any atom is 0.136 e. The monoisotopic (exact) mass is 311 g/mol. The van der Waals surface area contributed by atoms with Crippen molar-refractivity contribution in [1.82, 2.24) is 14.9 Å². The summed E-state index contributed by atoms with van der Waals surface area (Å²) in [5.74, 6) is 0.607. The van der Waals surface area contributed by atoms with Gasteiger partial charge < -0.3 is 14.6 Å². The van der Waals surface area contributed by atoms with Crippen LogP contribution >= 0.6 is 0 Å². The summed E-state index contributed by atoms with van der Waals surface area (Å²) in [6.07, 6.45) is 0. The number of aromatic nitrogens is 2. The maximum atomic E-state index is 13.4. The van der Waals surface area contributed by atoms with E-state index >= 15 is 0 Å². The van der Waals surface area contributed by atoms with E-state index in [1.54, 1.807) is 6.07 Å². The third kappa shape index (κ3) is 2.85. The van der Waals surface area contributed by atoms with Gasteiger partial charge in [0, 0.05) is 19.2 Å². The zero-order valence-corrected chi connectivity index (χ0v) is 12.7. The Labute approximate surface area is 133 Å². The van der Waals surface area contributed by atoms with Crippen LogP contribution in [0.3, 0.4) is 0 Å². The van der Waals surface area contributed by atoms with E-state index in [0.717, 1.165) is 24.4 Å². The lowest BCUT2D eigenvalue weighted by Gasteiger charge is -2.26. The number of imidazole rings is 1. The molecule has 0 spiro atoms. The number of nitrogens with zero attached hydrogens (tertiary/aromatic N) is 2. The molecule has 1 N–H and O–H groups in total. The molecule has 4 nitrogen and oxygen atoms in total. The van der Waals surface area contributed by atoms with Crippen molar-refractivity contribution in [3.8, 4) is 0 Å². The normalized spacial score (nSPS) is 17.3. The molecule has 23 heavy (non-hydrogen) atoms. The van der Waals surface area contributed by atoms with Crippen LogP contribution in [0.5, 0.6) is 0 Å². The standard InChI is InChI=1S/C18H18FN3O/c19-14-6-7-17-16(8-14)21-18-12-23-11-15(22(17)18)10-20-9-13-4-2-1-3-5-13/h1-8,15,20H,9-12H2/t15-/m0/s1. The van der Waals surface area contributed by atoms with Crippen molar-refractivity contribution < 1.29 is 9.13 Å². The van der Waals surface area contributed by atoms with Crippen LogP contribution < -0.4 is 5.32 Å². The summed E-state index contributed by atoms with van der Waals surface area (Å²) < 4.78 is 21.2. The molecule has 0 bridgehead atoms. The Kier molecular flexibility index (Phi) is 3.81. The average Bonchev–Trinajstić information content (AvgIpc) is 2.94. The summed E-state index contributed by atoms with van der Waals surface area (Å²) in [6, 6.07) is 15.2. The van der Waals surface area contributed by atoms with Gasteiger partial charge in [-0.15, -0.1) is 0 Å². The quantitative estimate of drug-likeness (QED) is 0.805. The lowest BCUT2D eigenvalue weighted by Crippen LogP contribution is -2.32. The van der Waals surface area contributed by atoms with Gasteiger partial charge in [-0.2, -0.15) is 0 Å². The summed E-state index contributed by atoms with van der Waals surface area (Å²) >= 11 is 0. The van der Waals surface area contributed by atoms with Crippen LogP contribution in [0.1, 0.15) is 17.4 Å². The van der Waals surface area contributed by atoms with Gasteiger partial charge in [-0.1, -0.05) is 30.3 Å². The van der Waals surface area contributed by atoms with Crippen molar-refractivity contribution in [3.05, 3.63) is 65.7 Å². The Morgan fingerprint density at radius 1 is 1.22 bits per heavy atom. The predicted octanol–water partition coefficient (Wildman–Crippen LogP) is 3.04. The first-order valence-corrected chi connectivity index (χ1v) is 7.80. The van der Waals surface area contributed by atoms with E-state index in [2.05, 4.69) is 27.0 Å². The molecule has 3 aromatic rings. The van der Waals surface area contributed by atoms with Crippen LogP contribution in [-0.4, -0.2) is 22.7 Å². The Bertz CT molecular complexity index is 816. The number of fused-ring (bicyclic) bond motifs is 3. The highest BCUT2D eigenvalue weighted by molar-refractivity contribution is 5.76. The lowest BCUT2D eigenvalue weighted by atomic mass is 10.2. The number of hydrogen-bond acceptors (Lipinski definition) is 3. The van der Waals surface area contributed by atoms with E-state index in [1.807, 2.05) is 18.2 Å². The third-order valence-electron chi connectivity index (χ3n) is 4.18. The van der Waals surface area contributed by atoms with Crippen LogP contribution in [0, 0.1) is 5.82 Å². The molecule has 5 heteroatoms. The summed E-state index contributed by atoms with van der Waals surface area (Å²) in [5.41, 5.74) is 2.91. The molecule has 4 rings (SSSR count). The zero-order chi connectivity index (χ0) is 15.6. The molecule has 0 aliphatic carbocycles. The van der Waals surface area contributed by atoms with Gasteiger partial charge in [-0.25, -0.2) is 9.37 Å². The zero-order valence-electron chi connectivity index (χ0n) is 12.7. The van der Waals surface area contributed by atoms with E-state index in [1.165, 1.54) is 17.7 Å². The summed E-state index contributed by atoms with van der Waals surface area (Å²) in [7, 11) is 0. The molecular weight excluding hydrogens is 293 g/mol. The van der Waals surface area contributed by atoms with E-state index in [4.69, 9.17) is 4.74 Å². The largest absolute Gasteiger partial charge is 0.371 e. The summed E-state index contributed by atoms with van der Waals surface area (Å²) in [5, 5.41) is 3.48. The highest BCUT2D eigenvalue weighted by atomic mass is 19.1. The van der Waals surface area contributed by atoms with Gasteiger partial charge in [0.25, 0.3) is 0 Å². The fraction of sp³-hybridized carbons (Fsp3) is 0.278. The molecule has 0 saturated carbocycles. The van der Waals surface area contributed by atoms with Crippen molar-refractivity contribution in [2.24, 2.45) is 0 Å². The minimum Gasteiger partial charge on any atom is -0.371 e. The number of benzene rings is 2. The fourth-order valence-corrected chi connectivity index (χ4v) is 3.12. The third-order valence-corrected chi connectivity index (χ3v) is 4.18. The minimum atomic E-state index is -0.257. The molecule has 2 aromatic carbocycles. The summed E-state index contributed by atoms with van der Waals surface area (Å²) in [4.78, 5) is 4.50. The molecule has 2 heterocycles. The van der Waals surface area contributed by atoms with Gasteiger partial charge in [0.15, 0.2) is 0 Å². The van der Waals surface area contributed by atoms with Gasteiger partial charge in [0.1, 0.15) is 18.2 Å². The van der Waals surface area contributed by atoms with Gasteiger partial charge in [0.05, 0.1) is 23.7 Å². The smallest absolute Gasteiger partial charge is 0.136 e. The van der Waals surface area contributed by atoms with Crippen LogP contribution in [0.4, 0.5) is 4.39 Å². The second-order valence-corrected chi connectivity index (χ2v) is 5.82. The highest BCUT2D eigenvalue weighted by Gasteiger charge is 2.23. The van der Waals surface area contributed by atoms with E-state index in [0.29, 0.717) is 18.7 Å². The van der Waals surface area contributed by atoms with Gasteiger partial charge in [-0.3, -0.25) is 0 Å². The second kappa shape index (κ2) is 6.10. The van der Waals surface area contributed by atoms with Crippen molar-refractivity contribution in [2.75, 3.05) is 13.2 Å². The molecular formula is C18H18FN3O. The number of nitrogens with one attached hydrogen (secondary N) is 1. The Hall–Kier alpha value is -2.24. The average molecular weight is 311 g/mol. The van der Waals surface area contributed by atoms with Crippen LogP contribution in [0.2, 0.25) is 0 Å². The lowest BCUT2D eigenvalue weighted by molar-refractivity contribution is 0.0564. The Morgan fingerprint density at radius 3 is 2.96 bits per heavy atom. The molecule has 1 aliphatic heterocycles.